The Bertz CT molecular complexity index is 435. The number of rotatable bonds is 3. The summed E-state index contributed by atoms with van der Waals surface area (Å²) in [7, 11) is 1.50. The molecule has 0 unspecified atom stereocenters. The van der Waals surface area contributed by atoms with E-state index in [1.165, 1.54) is 13.3 Å². The highest BCUT2D eigenvalue weighted by molar-refractivity contribution is 5.97. The van der Waals surface area contributed by atoms with Crippen LogP contribution in [0, 0.1) is 5.41 Å². The van der Waals surface area contributed by atoms with Gasteiger partial charge >= 0.3 is 6.18 Å². The van der Waals surface area contributed by atoms with Crippen molar-refractivity contribution in [3.63, 3.8) is 0 Å². The molecule has 0 spiro atoms. The number of ether oxygens (including phenoxy) is 1. The van der Waals surface area contributed by atoms with Gasteiger partial charge in [0, 0.05) is 25.1 Å². The van der Waals surface area contributed by atoms with E-state index >= 15 is 0 Å². The zero-order chi connectivity index (χ0) is 13.9. The van der Waals surface area contributed by atoms with E-state index in [0.717, 1.165) is 5.57 Å². The average Bonchev–Trinajstić information content (AvgIpc) is 2.29. The third-order valence-corrected chi connectivity index (χ3v) is 2.43. The minimum absolute atomic E-state index is 0.0261. The van der Waals surface area contributed by atoms with Gasteiger partial charge in [0.2, 0.25) is 0 Å². The summed E-state index contributed by atoms with van der Waals surface area (Å²) in [6.07, 6.45) is -2.88. The predicted molar refractivity (Wildman–Crippen MR) is 62.7 cm³/mol. The summed E-state index contributed by atoms with van der Waals surface area (Å²) in [5.41, 5.74) is -0.0418. The van der Waals surface area contributed by atoms with Crippen LogP contribution in [0.4, 0.5) is 13.2 Å². The summed E-state index contributed by atoms with van der Waals surface area (Å²) < 4.78 is 41.7. The monoisotopic (exact) mass is 261 g/mol. The van der Waals surface area contributed by atoms with Gasteiger partial charge in [-0.2, -0.15) is 13.2 Å². The maximum atomic E-state index is 12.2. The van der Waals surface area contributed by atoms with Gasteiger partial charge in [-0.3, -0.25) is 5.41 Å². The molecule has 0 aliphatic carbocycles. The predicted octanol–water partition coefficient (Wildman–Crippen LogP) is 2.39. The molecule has 0 saturated carbocycles. The lowest BCUT2D eigenvalue weighted by molar-refractivity contribution is -0.0584. The molecule has 4 nitrogen and oxygen atoms in total. The van der Waals surface area contributed by atoms with Crippen molar-refractivity contribution in [2.75, 3.05) is 7.11 Å². The Hall–Kier alpha value is -1.63. The molecule has 1 atom stereocenters. The van der Waals surface area contributed by atoms with Gasteiger partial charge < -0.3 is 10.1 Å². The lowest BCUT2D eigenvalue weighted by Gasteiger charge is -2.22. The van der Waals surface area contributed by atoms with Gasteiger partial charge in [-0.25, -0.2) is 4.99 Å². The summed E-state index contributed by atoms with van der Waals surface area (Å²) in [5.74, 6) is -0.0261. The smallest absolute Gasteiger partial charge is 0.376 e. The molecule has 0 amide bonds. The van der Waals surface area contributed by atoms with Crippen molar-refractivity contribution >= 4 is 11.9 Å². The molecule has 0 radical (unpaired) electrons. The van der Waals surface area contributed by atoms with Crippen molar-refractivity contribution in [3.8, 4) is 0 Å². The lowest BCUT2D eigenvalue weighted by Crippen LogP contribution is -2.29. The quantitative estimate of drug-likeness (QED) is 0.766. The molecule has 0 saturated heterocycles. The van der Waals surface area contributed by atoms with E-state index in [9.17, 15) is 13.2 Å². The first-order valence-corrected chi connectivity index (χ1v) is 5.17. The SMILES string of the molecule is CO[C@@H](C)C1=C(C)C=N/C(=C/C(=N)C(F)(F)F)N1. The number of methoxy groups -OCH3 is 1. The zero-order valence-electron chi connectivity index (χ0n) is 10.2. The van der Waals surface area contributed by atoms with Crippen molar-refractivity contribution in [2.24, 2.45) is 4.99 Å². The molecule has 0 aromatic carbocycles. The van der Waals surface area contributed by atoms with Crippen molar-refractivity contribution in [1.82, 2.24) is 5.32 Å². The maximum Gasteiger partial charge on any atom is 0.432 e. The molecule has 0 aromatic heterocycles. The van der Waals surface area contributed by atoms with E-state index in [0.29, 0.717) is 11.8 Å². The molecule has 1 rings (SSSR count). The lowest BCUT2D eigenvalue weighted by atomic mass is 10.1. The standard InChI is InChI=1S/C11H14F3N3O/c1-6-5-16-9(4-8(15)11(12,13)14)17-10(6)7(2)18-3/h4-5,7,15,17H,1-3H3/b9-4-,15-8?/t7-/m0/s1. The van der Waals surface area contributed by atoms with Gasteiger partial charge in [-0.15, -0.1) is 0 Å². The number of allylic oxidation sites excluding steroid dienone is 2. The van der Waals surface area contributed by atoms with E-state index in [1.807, 2.05) is 0 Å². The summed E-state index contributed by atoms with van der Waals surface area (Å²) >= 11 is 0. The van der Waals surface area contributed by atoms with Crippen LogP contribution in [0.1, 0.15) is 13.8 Å². The van der Waals surface area contributed by atoms with E-state index in [1.54, 1.807) is 13.8 Å². The Labute approximate surface area is 103 Å². The molecule has 1 heterocycles. The Morgan fingerprint density at radius 3 is 2.67 bits per heavy atom. The van der Waals surface area contributed by atoms with Crippen LogP contribution < -0.4 is 5.32 Å². The van der Waals surface area contributed by atoms with Crippen LogP contribution in [-0.4, -0.2) is 31.3 Å². The second-order valence-corrected chi connectivity index (χ2v) is 3.80. The van der Waals surface area contributed by atoms with Crippen LogP contribution in [0.3, 0.4) is 0 Å². The summed E-state index contributed by atoms with van der Waals surface area (Å²) in [6, 6.07) is 0. The Balaban J connectivity index is 2.91. The molecule has 0 aromatic rings. The number of halogens is 3. The van der Waals surface area contributed by atoms with Gasteiger partial charge in [0.15, 0.2) is 0 Å². The fourth-order valence-electron chi connectivity index (χ4n) is 1.34. The van der Waals surface area contributed by atoms with Crippen molar-refractivity contribution in [2.45, 2.75) is 26.1 Å². The Morgan fingerprint density at radius 1 is 1.56 bits per heavy atom. The van der Waals surface area contributed by atoms with Crippen LogP contribution in [-0.2, 0) is 4.74 Å². The molecule has 1 aliphatic heterocycles. The summed E-state index contributed by atoms with van der Waals surface area (Å²) in [5, 5.41) is 9.62. The molecule has 7 heteroatoms. The molecule has 0 bridgehead atoms. The highest BCUT2D eigenvalue weighted by Gasteiger charge is 2.33. The van der Waals surface area contributed by atoms with Crippen LogP contribution in [0.15, 0.2) is 28.2 Å². The first kappa shape index (κ1) is 14.4. The highest BCUT2D eigenvalue weighted by atomic mass is 19.4. The van der Waals surface area contributed by atoms with Crippen molar-refractivity contribution in [1.29, 1.82) is 5.41 Å². The van der Waals surface area contributed by atoms with Crippen molar-refractivity contribution < 1.29 is 17.9 Å². The van der Waals surface area contributed by atoms with Crippen LogP contribution >= 0.6 is 0 Å². The number of hydrogen-bond acceptors (Lipinski definition) is 4. The summed E-state index contributed by atoms with van der Waals surface area (Å²) in [6.45, 7) is 3.53. The number of aliphatic imine (C=N–C) groups is 1. The molecule has 1 aliphatic rings. The molecule has 2 N–H and O–H groups in total. The van der Waals surface area contributed by atoms with Crippen LogP contribution in [0.25, 0.3) is 0 Å². The third-order valence-electron chi connectivity index (χ3n) is 2.43. The topological polar surface area (TPSA) is 57.5 Å². The minimum atomic E-state index is -4.67. The number of hydrogen-bond donors (Lipinski definition) is 2. The Kier molecular flexibility index (Phi) is 4.28. The largest absolute Gasteiger partial charge is 0.432 e. The van der Waals surface area contributed by atoms with Crippen LogP contribution in [0.5, 0.6) is 0 Å². The average molecular weight is 261 g/mol. The zero-order valence-corrected chi connectivity index (χ0v) is 10.2. The molecule has 18 heavy (non-hydrogen) atoms. The number of alkyl halides is 3. The van der Waals surface area contributed by atoms with E-state index in [-0.39, 0.29) is 11.9 Å². The maximum absolute atomic E-state index is 12.2. The number of nitrogens with zero attached hydrogens (tertiary/aromatic N) is 1. The van der Waals surface area contributed by atoms with Gasteiger partial charge in [0.1, 0.15) is 11.5 Å². The Morgan fingerprint density at radius 2 is 2.17 bits per heavy atom. The second kappa shape index (κ2) is 5.34. The molecule has 100 valence electrons. The fourth-order valence-corrected chi connectivity index (χ4v) is 1.34. The van der Waals surface area contributed by atoms with E-state index < -0.39 is 11.9 Å². The number of nitrogens with one attached hydrogen (secondary N) is 2. The van der Waals surface area contributed by atoms with Crippen molar-refractivity contribution in [3.05, 3.63) is 23.2 Å². The third kappa shape index (κ3) is 3.43. The molecule has 0 fully saturated rings. The first-order chi connectivity index (χ1) is 8.25. The van der Waals surface area contributed by atoms with E-state index in [2.05, 4.69) is 10.3 Å². The summed E-state index contributed by atoms with van der Waals surface area (Å²) in [4.78, 5) is 3.80. The fraction of sp³-hybridized carbons (Fsp3) is 0.455. The van der Waals surface area contributed by atoms with Gasteiger partial charge in [0.05, 0.1) is 6.10 Å². The minimum Gasteiger partial charge on any atom is -0.376 e. The first-order valence-electron chi connectivity index (χ1n) is 5.17. The van der Waals surface area contributed by atoms with Gasteiger partial charge in [-0.1, -0.05) is 0 Å². The molecular formula is C11H14F3N3O. The second-order valence-electron chi connectivity index (χ2n) is 3.80. The highest BCUT2D eigenvalue weighted by Crippen LogP contribution is 2.20. The van der Waals surface area contributed by atoms with Gasteiger partial charge in [0.25, 0.3) is 0 Å². The molecular weight excluding hydrogens is 247 g/mol. The van der Waals surface area contributed by atoms with Gasteiger partial charge in [-0.05, 0) is 19.4 Å². The normalized spacial score (nSPS) is 20.0. The van der Waals surface area contributed by atoms with Crippen LogP contribution in [0.2, 0.25) is 0 Å². The van der Waals surface area contributed by atoms with E-state index in [4.69, 9.17) is 10.1 Å².